The molecule has 0 aliphatic rings. The summed E-state index contributed by atoms with van der Waals surface area (Å²) in [5.74, 6) is -0.197. The molecule has 1 amide bonds. The van der Waals surface area contributed by atoms with Gasteiger partial charge in [-0.2, -0.15) is 0 Å². The number of phosphoric acid groups is 1. The van der Waals surface area contributed by atoms with Crippen molar-refractivity contribution in [1.29, 1.82) is 0 Å². The summed E-state index contributed by atoms with van der Waals surface area (Å²) in [4.78, 5) is 22.7. The summed E-state index contributed by atoms with van der Waals surface area (Å²) in [6, 6.07) is -0.841. The van der Waals surface area contributed by atoms with Crippen LogP contribution in [0.3, 0.4) is 0 Å². The van der Waals surface area contributed by atoms with E-state index >= 15 is 0 Å². The maximum Gasteiger partial charge on any atom is 0.472 e. The van der Waals surface area contributed by atoms with Crippen LogP contribution in [0.5, 0.6) is 0 Å². The number of likely N-dealkylation sites (N-methyl/N-ethyl adjacent to an activating group) is 1. The molecule has 0 heterocycles. The van der Waals surface area contributed by atoms with Crippen molar-refractivity contribution < 1.29 is 32.9 Å². The molecule has 0 rings (SSSR count). The van der Waals surface area contributed by atoms with Gasteiger partial charge in [-0.05, 0) is 38.5 Å². The number of amides is 1. The lowest BCUT2D eigenvalue weighted by atomic mass is 10.1. The van der Waals surface area contributed by atoms with Crippen LogP contribution in [0.25, 0.3) is 0 Å². The number of carbonyl (C=O) groups excluding carboxylic acids is 1. The number of allylic oxidation sites excluding steroid dienone is 3. The molecule has 0 saturated heterocycles. The van der Waals surface area contributed by atoms with Gasteiger partial charge in [-0.15, -0.1) is 0 Å². The summed E-state index contributed by atoms with van der Waals surface area (Å²) >= 11 is 0. The van der Waals surface area contributed by atoms with Crippen molar-refractivity contribution in [3.05, 3.63) is 24.3 Å². The first kappa shape index (κ1) is 38.0. The predicted octanol–water partition coefficient (Wildman–Crippen LogP) is 6.68. The van der Waals surface area contributed by atoms with Crippen molar-refractivity contribution in [2.45, 2.75) is 122 Å². The van der Waals surface area contributed by atoms with Crippen LogP contribution in [0.4, 0.5) is 0 Å². The molecule has 0 fully saturated rings. The highest BCUT2D eigenvalue weighted by molar-refractivity contribution is 7.47. The Morgan fingerprint density at radius 2 is 1.44 bits per heavy atom. The third-order valence-electron chi connectivity index (χ3n) is 6.40. The first-order valence-corrected chi connectivity index (χ1v) is 16.7. The van der Waals surface area contributed by atoms with E-state index in [1.807, 2.05) is 27.2 Å². The van der Waals surface area contributed by atoms with Gasteiger partial charge >= 0.3 is 7.82 Å². The number of carbonyl (C=O) groups is 1. The molecule has 0 saturated carbocycles. The quantitative estimate of drug-likeness (QED) is 0.0460. The lowest BCUT2D eigenvalue weighted by molar-refractivity contribution is -0.870. The van der Waals surface area contributed by atoms with Crippen LogP contribution < -0.4 is 5.32 Å². The summed E-state index contributed by atoms with van der Waals surface area (Å²) in [5.41, 5.74) is 0. The highest BCUT2D eigenvalue weighted by Gasteiger charge is 2.27. The highest BCUT2D eigenvalue weighted by Crippen LogP contribution is 2.43. The van der Waals surface area contributed by atoms with Gasteiger partial charge in [-0.1, -0.05) is 89.5 Å². The smallest absolute Gasteiger partial charge is 0.387 e. The van der Waals surface area contributed by atoms with E-state index in [0.717, 1.165) is 57.8 Å². The second kappa shape index (κ2) is 23.7. The van der Waals surface area contributed by atoms with E-state index in [2.05, 4.69) is 31.3 Å². The summed E-state index contributed by atoms with van der Waals surface area (Å²) in [6.45, 7) is 4.63. The van der Waals surface area contributed by atoms with Crippen LogP contribution in [0, 0.1) is 0 Å². The fourth-order valence-corrected chi connectivity index (χ4v) is 4.60. The molecule has 3 unspecified atom stereocenters. The number of aliphatic hydroxyl groups excluding tert-OH is 1. The van der Waals surface area contributed by atoms with Gasteiger partial charge in [-0.3, -0.25) is 13.8 Å². The molecular weight excluding hydrogens is 515 g/mol. The Balaban J connectivity index is 4.67. The Hall–Kier alpha value is -1.02. The number of hydrogen-bond acceptors (Lipinski definition) is 5. The van der Waals surface area contributed by atoms with Crippen LogP contribution >= 0.6 is 7.82 Å². The van der Waals surface area contributed by atoms with E-state index in [1.165, 1.54) is 32.1 Å². The summed E-state index contributed by atoms with van der Waals surface area (Å²) < 4.78 is 23.2. The Morgan fingerprint density at radius 3 is 2.08 bits per heavy atom. The van der Waals surface area contributed by atoms with Crippen molar-refractivity contribution in [3.8, 4) is 0 Å². The number of nitrogens with one attached hydrogen (secondary N) is 1. The van der Waals surface area contributed by atoms with Crippen molar-refractivity contribution in [1.82, 2.24) is 5.32 Å². The molecule has 0 bridgehead atoms. The Morgan fingerprint density at radius 1 is 0.846 bits per heavy atom. The molecule has 0 aliphatic heterocycles. The number of rotatable bonds is 26. The molecule has 9 heteroatoms. The van der Waals surface area contributed by atoms with Crippen LogP contribution in [0.1, 0.15) is 110 Å². The Kier molecular flexibility index (Phi) is 23.0. The second-order valence-corrected chi connectivity index (χ2v) is 12.9. The van der Waals surface area contributed by atoms with E-state index in [4.69, 9.17) is 9.05 Å². The van der Waals surface area contributed by atoms with Gasteiger partial charge in [0.05, 0.1) is 39.9 Å². The zero-order chi connectivity index (χ0) is 29.4. The highest BCUT2D eigenvalue weighted by atomic mass is 31.2. The predicted molar refractivity (Wildman–Crippen MR) is 161 cm³/mol. The minimum absolute atomic E-state index is 0.0593. The molecule has 3 N–H and O–H groups in total. The molecule has 39 heavy (non-hydrogen) atoms. The number of hydrogen-bond donors (Lipinski definition) is 3. The van der Waals surface area contributed by atoms with Gasteiger partial charge in [-0.25, -0.2) is 4.57 Å². The minimum Gasteiger partial charge on any atom is -0.387 e. The summed E-state index contributed by atoms with van der Waals surface area (Å²) in [6.07, 6.45) is 22.6. The van der Waals surface area contributed by atoms with E-state index in [0.29, 0.717) is 17.4 Å². The molecular formula is C30H60N2O6P+. The molecule has 0 aromatic rings. The third-order valence-corrected chi connectivity index (χ3v) is 7.38. The fraction of sp³-hybridized carbons (Fsp3) is 0.833. The van der Waals surface area contributed by atoms with Crippen LogP contribution in [-0.4, -0.2) is 73.4 Å². The van der Waals surface area contributed by atoms with E-state index in [-0.39, 0.29) is 19.1 Å². The van der Waals surface area contributed by atoms with E-state index in [1.54, 1.807) is 6.08 Å². The van der Waals surface area contributed by atoms with Crippen molar-refractivity contribution in [2.24, 2.45) is 0 Å². The van der Waals surface area contributed by atoms with Crippen LogP contribution in [-0.2, 0) is 18.4 Å². The molecule has 0 aromatic carbocycles. The zero-order valence-corrected chi connectivity index (χ0v) is 26.5. The van der Waals surface area contributed by atoms with E-state index < -0.39 is 20.0 Å². The number of quaternary nitrogens is 1. The maximum atomic E-state index is 12.6. The summed E-state index contributed by atoms with van der Waals surface area (Å²) in [5, 5.41) is 13.5. The van der Waals surface area contributed by atoms with Crippen molar-refractivity contribution in [3.63, 3.8) is 0 Å². The average Bonchev–Trinajstić information content (AvgIpc) is 2.86. The maximum absolute atomic E-state index is 12.6. The van der Waals surface area contributed by atoms with Crippen LogP contribution in [0.2, 0.25) is 0 Å². The van der Waals surface area contributed by atoms with Crippen molar-refractivity contribution >= 4 is 13.7 Å². The minimum atomic E-state index is -4.31. The molecule has 0 aromatic heterocycles. The Bertz CT molecular complexity index is 708. The number of phosphoric ester groups is 1. The van der Waals surface area contributed by atoms with E-state index in [9.17, 15) is 19.4 Å². The van der Waals surface area contributed by atoms with Gasteiger partial charge in [0.1, 0.15) is 13.2 Å². The molecule has 0 spiro atoms. The number of aliphatic hydroxyl groups is 1. The largest absolute Gasteiger partial charge is 0.472 e. The standard InChI is InChI=1S/C30H59N2O6P/c1-6-8-10-12-14-15-16-18-20-22-24-30(34)31-28(29(33)23-21-19-17-13-11-9-7-2)27-38-39(35,36)37-26-25-32(3,4)5/h10,12,21,23,28-29,33H,6-9,11,13-20,22,24-27H2,1-5H3,(H-,31,34,35,36)/p+1/b12-10-,23-21+. The van der Waals surface area contributed by atoms with Gasteiger partial charge in [0.15, 0.2) is 0 Å². The van der Waals surface area contributed by atoms with Gasteiger partial charge < -0.3 is 19.8 Å². The fourth-order valence-electron chi connectivity index (χ4n) is 3.86. The molecule has 0 aliphatic carbocycles. The number of nitrogens with zero attached hydrogens (tertiary/aromatic N) is 1. The lowest BCUT2D eigenvalue weighted by Crippen LogP contribution is -2.45. The topological polar surface area (TPSA) is 105 Å². The molecule has 3 atom stereocenters. The molecule has 0 radical (unpaired) electrons. The summed E-state index contributed by atoms with van der Waals surface area (Å²) in [7, 11) is 1.55. The Labute approximate surface area is 239 Å². The van der Waals surface area contributed by atoms with Gasteiger partial charge in [0, 0.05) is 6.42 Å². The number of unbranched alkanes of at least 4 members (excludes halogenated alkanes) is 11. The normalized spacial score (nSPS) is 15.6. The zero-order valence-electron chi connectivity index (χ0n) is 25.6. The van der Waals surface area contributed by atoms with Crippen molar-refractivity contribution in [2.75, 3.05) is 40.9 Å². The van der Waals surface area contributed by atoms with Gasteiger partial charge in [0.2, 0.25) is 5.91 Å². The SMILES string of the molecule is CCC/C=C\CCCCCCCC(=O)NC(COP(=O)(O)OCC[N+](C)(C)C)C(O)/C=C/CCCCCCC. The first-order valence-electron chi connectivity index (χ1n) is 15.2. The second-order valence-electron chi connectivity index (χ2n) is 11.5. The van der Waals surface area contributed by atoms with Crippen LogP contribution in [0.15, 0.2) is 24.3 Å². The monoisotopic (exact) mass is 575 g/mol. The molecule has 8 nitrogen and oxygen atoms in total. The lowest BCUT2D eigenvalue weighted by Gasteiger charge is -2.25. The first-order chi connectivity index (χ1) is 18.5. The molecule has 230 valence electrons. The van der Waals surface area contributed by atoms with Gasteiger partial charge in [0.25, 0.3) is 0 Å². The average molecular weight is 576 g/mol. The third kappa shape index (κ3) is 25.7.